The van der Waals surface area contributed by atoms with Crippen LogP contribution in [-0.4, -0.2) is 62.6 Å². The predicted octanol–water partition coefficient (Wildman–Crippen LogP) is 3.50. The highest BCUT2D eigenvalue weighted by atomic mass is 16.5. The van der Waals surface area contributed by atoms with Crippen LogP contribution in [0.3, 0.4) is 0 Å². The lowest BCUT2D eigenvalue weighted by Crippen LogP contribution is -2.32. The fourth-order valence-electron chi connectivity index (χ4n) is 3.90. The third-order valence-corrected chi connectivity index (χ3v) is 5.76. The molecule has 1 fully saturated rings. The molecule has 180 valence electrons. The zero-order valence-electron chi connectivity index (χ0n) is 19.5. The molecule has 2 aliphatic heterocycles. The van der Waals surface area contributed by atoms with Gasteiger partial charge in [-0.2, -0.15) is 5.10 Å². The summed E-state index contributed by atoms with van der Waals surface area (Å²) in [5.41, 5.74) is 3.19. The molecule has 0 saturated carbocycles. The molecule has 1 atom stereocenters. The molecule has 8 nitrogen and oxygen atoms in total. The predicted molar refractivity (Wildman–Crippen MR) is 129 cm³/mol. The maximum Gasteiger partial charge on any atom is 0.306 e. The number of fused-ring (bicyclic) bond motifs is 1. The molecule has 0 spiro atoms. The van der Waals surface area contributed by atoms with Crippen LogP contribution < -0.4 is 10.1 Å². The summed E-state index contributed by atoms with van der Waals surface area (Å²) in [7, 11) is 0. The molecule has 8 heteroatoms. The van der Waals surface area contributed by atoms with E-state index in [4.69, 9.17) is 14.2 Å². The third-order valence-electron chi connectivity index (χ3n) is 5.76. The lowest BCUT2D eigenvalue weighted by molar-refractivity contribution is -0.145. The standard InChI is InChI=1S/C26H31N3O5/c1-2-11-33-25(30)15-20-14-22-7-8-23(16-24(22)34-18-20)28-26(31)21-5-3-19(4-6-21)17-27-29-9-12-32-13-10-29/h3-8,16-17,20H,2,9-15,18H2,1H3,(H,28,31)/b27-17+. The summed E-state index contributed by atoms with van der Waals surface area (Å²) in [4.78, 5) is 24.6. The van der Waals surface area contributed by atoms with E-state index in [1.54, 1.807) is 18.3 Å². The van der Waals surface area contributed by atoms with Crippen LogP contribution in [0, 0.1) is 5.92 Å². The molecule has 34 heavy (non-hydrogen) atoms. The Morgan fingerprint density at radius 1 is 1.18 bits per heavy atom. The van der Waals surface area contributed by atoms with Crippen LogP contribution in [0.15, 0.2) is 47.6 Å². The molecular weight excluding hydrogens is 434 g/mol. The fraction of sp³-hybridized carbons (Fsp3) is 0.423. The molecule has 1 saturated heterocycles. The van der Waals surface area contributed by atoms with Crippen molar-refractivity contribution in [1.82, 2.24) is 5.01 Å². The first kappa shape index (κ1) is 23.8. The summed E-state index contributed by atoms with van der Waals surface area (Å²) < 4.78 is 16.4. The molecule has 1 unspecified atom stereocenters. The van der Waals surface area contributed by atoms with E-state index in [-0.39, 0.29) is 17.8 Å². The SMILES string of the molecule is CCCOC(=O)CC1COc2cc(NC(=O)c3ccc(/C=N/N4CCOCC4)cc3)ccc2C1. The second-order valence-electron chi connectivity index (χ2n) is 8.51. The van der Waals surface area contributed by atoms with E-state index >= 15 is 0 Å². The summed E-state index contributed by atoms with van der Waals surface area (Å²) in [6.45, 7) is 5.84. The number of anilines is 1. The number of nitrogens with one attached hydrogen (secondary N) is 1. The highest BCUT2D eigenvalue weighted by molar-refractivity contribution is 6.04. The van der Waals surface area contributed by atoms with Crippen LogP contribution >= 0.6 is 0 Å². The van der Waals surface area contributed by atoms with Gasteiger partial charge >= 0.3 is 5.97 Å². The number of morpholine rings is 1. The quantitative estimate of drug-likeness (QED) is 0.474. The van der Waals surface area contributed by atoms with Gasteiger partial charge < -0.3 is 19.5 Å². The van der Waals surface area contributed by atoms with Gasteiger partial charge in [-0.15, -0.1) is 0 Å². The van der Waals surface area contributed by atoms with E-state index in [0.717, 1.165) is 42.8 Å². The first-order valence-electron chi connectivity index (χ1n) is 11.8. The Morgan fingerprint density at radius 3 is 2.74 bits per heavy atom. The second-order valence-corrected chi connectivity index (χ2v) is 8.51. The minimum Gasteiger partial charge on any atom is -0.493 e. The molecule has 1 N–H and O–H groups in total. The van der Waals surface area contributed by atoms with Gasteiger partial charge in [0.25, 0.3) is 5.91 Å². The minimum atomic E-state index is -0.191. The molecule has 0 aromatic heterocycles. The van der Waals surface area contributed by atoms with Gasteiger partial charge in [-0.05, 0) is 42.2 Å². The van der Waals surface area contributed by atoms with Crippen LogP contribution in [0.4, 0.5) is 5.69 Å². The molecule has 2 aromatic carbocycles. The van der Waals surface area contributed by atoms with Gasteiger partial charge in [0.1, 0.15) is 5.75 Å². The summed E-state index contributed by atoms with van der Waals surface area (Å²) in [6.07, 6.45) is 3.71. The number of carbonyl (C=O) groups excluding carboxylic acids is 2. The summed E-state index contributed by atoms with van der Waals surface area (Å²) in [6, 6.07) is 13.0. The van der Waals surface area contributed by atoms with E-state index in [1.807, 2.05) is 42.3 Å². The molecule has 0 radical (unpaired) electrons. The van der Waals surface area contributed by atoms with Crippen molar-refractivity contribution >= 4 is 23.8 Å². The van der Waals surface area contributed by atoms with Crippen molar-refractivity contribution in [3.05, 3.63) is 59.2 Å². The van der Waals surface area contributed by atoms with Crippen molar-refractivity contribution in [3.63, 3.8) is 0 Å². The van der Waals surface area contributed by atoms with E-state index in [9.17, 15) is 9.59 Å². The zero-order valence-corrected chi connectivity index (χ0v) is 19.5. The molecule has 4 rings (SSSR count). The van der Waals surface area contributed by atoms with Crippen LogP contribution in [0.1, 0.15) is 41.3 Å². The van der Waals surface area contributed by atoms with Crippen molar-refractivity contribution < 1.29 is 23.8 Å². The fourth-order valence-corrected chi connectivity index (χ4v) is 3.90. The van der Waals surface area contributed by atoms with E-state index in [2.05, 4.69) is 10.4 Å². The van der Waals surface area contributed by atoms with Gasteiger partial charge in [0.15, 0.2) is 0 Å². The highest BCUT2D eigenvalue weighted by Gasteiger charge is 2.23. The summed E-state index contributed by atoms with van der Waals surface area (Å²) >= 11 is 0. The maximum atomic E-state index is 12.7. The molecule has 0 bridgehead atoms. The maximum absolute atomic E-state index is 12.7. The Morgan fingerprint density at radius 2 is 1.97 bits per heavy atom. The number of esters is 1. The Kier molecular flexibility index (Phi) is 8.14. The average Bonchev–Trinajstić information content (AvgIpc) is 2.87. The monoisotopic (exact) mass is 465 g/mol. The van der Waals surface area contributed by atoms with E-state index in [0.29, 0.717) is 44.1 Å². The second kappa shape index (κ2) is 11.7. The number of carbonyl (C=O) groups is 2. The normalized spacial score (nSPS) is 17.7. The first-order chi connectivity index (χ1) is 16.6. The van der Waals surface area contributed by atoms with Crippen LogP contribution in [-0.2, 0) is 20.7 Å². The smallest absolute Gasteiger partial charge is 0.306 e. The van der Waals surface area contributed by atoms with Crippen molar-refractivity contribution in [2.45, 2.75) is 26.2 Å². The molecule has 2 heterocycles. The van der Waals surface area contributed by atoms with Crippen LogP contribution in [0.5, 0.6) is 5.75 Å². The Hall–Kier alpha value is -3.39. The van der Waals surface area contributed by atoms with Gasteiger partial charge in [-0.3, -0.25) is 14.6 Å². The van der Waals surface area contributed by atoms with E-state index in [1.165, 1.54) is 0 Å². The van der Waals surface area contributed by atoms with Gasteiger partial charge in [-0.1, -0.05) is 25.1 Å². The number of benzene rings is 2. The van der Waals surface area contributed by atoms with Gasteiger partial charge in [0.2, 0.25) is 0 Å². The molecule has 1 amide bonds. The Balaban J connectivity index is 1.30. The van der Waals surface area contributed by atoms with Crippen molar-refractivity contribution in [2.24, 2.45) is 11.0 Å². The van der Waals surface area contributed by atoms with Gasteiger partial charge in [0, 0.05) is 23.2 Å². The number of amides is 1. The van der Waals surface area contributed by atoms with Gasteiger partial charge in [-0.25, -0.2) is 0 Å². The Bertz CT molecular complexity index is 1020. The van der Waals surface area contributed by atoms with Crippen LogP contribution in [0.2, 0.25) is 0 Å². The van der Waals surface area contributed by atoms with Gasteiger partial charge in [0.05, 0.1) is 52.2 Å². The number of rotatable bonds is 8. The summed E-state index contributed by atoms with van der Waals surface area (Å²) in [5.74, 6) is 0.471. The van der Waals surface area contributed by atoms with Crippen molar-refractivity contribution in [2.75, 3.05) is 44.8 Å². The van der Waals surface area contributed by atoms with Crippen molar-refractivity contribution in [1.29, 1.82) is 0 Å². The van der Waals surface area contributed by atoms with E-state index < -0.39 is 0 Å². The third kappa shape index (κ3) is 6.57. The highest BCUT2D eigenvalue weighted by Crippen LogP contribution is 2.31. The molecular formula is C26H31N3O5. The largest absolute Gasteiger partial charge is 0.493 e. The number of hydrazone groups is 1. The first-order valence-corrected chi connectivity index (χ1v) is 11.8. The molecule has 2 aliphatic rings. The lowest BCUT2D eigenvalue weighted by Gasteiger charge is -2.25. The topological polar surface area (TPSA) is 89.5 Å². The number of hydrogen-bond acceptors (Lipinski definition) is 7. The average molecular weight is 466 g/mol. The molecule has 0 aliphatic carbocycles. The summed E-state index contributed by atoms with van der Waals surface area (Å²) in [5, 5.41) is 9.36. The number of hydrogen-bond donors (Lipinski definition) is 1. The number of ether oxygens (including phenoxy) is 3. The van der Waals surface area contributed by atoms with Crippen LogP contribution in [0.25, 0.3) is 0 Å². The van der Waals surface area contributed by atoms with Crippen molar-refractivity contribution in [3.8, 4) is 5.75 Å². The lowest BCUT2D eigenvalue weighted by atomic mass is 9.94. The zero-order chi connectivity index (χ0) is 23.8. The number of nitrogens with zero attached hydrogens (tertiary/aromatic N) is 2. The molecule has 2 aromatic rings. The Labute approximate surface area is 199 Å². The minimum absolute atomic E-state index is 0.0996.